The fourth-order valence-electron chi connectivity index (χ4n) is 3.27. The number of ether oxygens (including phenoxy) is 1. The first-order valence-electron chi connectivity index (χ1n) is 7.13. The van der Waals surface area contributed by atoms with E-state index in [1.165, 1.54) is 37.7 Å². The second-order valence-electron chi connectivity index (χ2n) is 5.22. The van der Waals surface area contributed by atoms with Gasteiger partial charge in [-0.25, -0.2) is 0 Å². The molecule has 0 spiro atoms. The highest BCUT2D eigenvalue weighted by Gasteiger charge is 2.41. The van der Waals surface area contributed by atoms with Gasteiger partial charge in [0, 0.05) is 12.6 Å². The molecule has 1 aromatic heterocycles. The zero-order valence-electron chi connectivity index (χ0n) is 11.6. The molecule has 0 bridgehead atoms. The normalized spacial score (nSPS) is 20.1. The van der Waals surface area contributed by atoms with Gasteiger partial charge in [-0.05, 0) is 62.0 Å². The lowest BCUT2D eigenvalue weighted by atomic mass is 9.88. The third kappa shape index (κ3) is 3.14. The van der Waals surface area contributed by atoms with Crippen LogP contribution < -0.4 is 5.32 Å². The molecule has 1 fully saturated rings. The fourth-order valence-corrected chi connectivity index (χ4v) is 3.97. The number of nitrogens with one attached hydrogen (secondary N) is 1. The molecule has 102 valence electrons. The van der Waals surface area contributed by atoms with Crippen molar-refractivity contribution in [2.75, 3.05) is 13.7 Å². The summed E-state index contributed by atoms with van der Waals surface area (Å²) in [5.41, 5.74) is 1.56. The van der Waals surface area contributed by atoms with Crippen molar-refractivity contribution in [1.29, 1.82) is 0 Å². The number of rotatable bonds is 7. The van der Waals surface area contributed by atoms with E-state index in [1.54, 1.807) is 11.3 Å². The molecule has 0 aliphatic heterocycles. The predicted molar refractivity (Wildman–Crippen MR) is 78.3 cm³/mol. The molecule has 2 nitrogen and oxygen atoms in total. The van der Waals surface area contributed by atoms with Gasteiger partial charge in [0.05, 0.1) is 5.60 Å². The van der Waals surface area contributed by atoms with E-state index in [-0.39, 0.29) is 5.60 Å². The molecule has 1 aromatic rings. The molecule has 18 heavy (non-hydrogen) atoms. The van der Waals surface area contributed by atoms with E-state index in [4.69, 9.17) is 4.74 Å². The highest BCUT2D eigenvalue weighted by atomic mass is 32.1. The van der Waals surface area contributed by atoms with Crippen molar-refractivity contribution in [3.63, 3.8) is 0 Å². The van der Waals surface area contributed by atoms with Crippen molar-refractivity contribution >= 4 is 11.3 Å². The van der Waals surface area contributed by atoms with E-state index >= 15 is 0 Å². The molecule has 1 aliphatic carbocycles. The molecule has 1 atom stereocenters. The number of thiophene rings is 1. The first kappa shape index (κ1) is 14.0. The lowest BCUT2D eigenvalue weighted by Gasteiger charge is -2.37. The summed E-state index contributed by atoms with van der Waals surface area (Å²) in [6, 6.07) is 2.72. The van der Waals surface area contributed by atoms with Crippen LogP contribution in [0.25, 0.3) is 0 Å². The van der Waals surface area contributed by atoms with Gasteiger partial charge in [-0.15, -0.1) is 0 Å². The number of hydrogen-bond acceptors (Lipinski definition) is 3. The monoisotopic (exact) mass is 267 g/mol. The Balaban J connectivity index is 1.97. The topological polar surface area (TPSA) is 21.3 Å². The Morgan fingerprint density at radius 1 is 1.44 bits per heavy atom. The van der Waals surface area contributed by atoms with Crippen LogP contribution in [0, 0.1) is 0 Å². The summed E-state index contributed by atoms with van der Waals surface area (Å²) in [4.78, 5) is 0. The van der Waals surface area contributed by atoms with Crippen LogP contribution >= 0.6 is 11.3 Å². The minimum atomic E-state index is 0.0967. The van der Waals surface area contributed by atoms with Gasteiger partial charge >= 0.3 is 0 Å². The summed E-state index contributed by atoms with van der Waals surface area (Å²) < 4.78 is 6.15. The summed E-state index contributed by atoms with van der Waals surface area (Å²) in [6.07, 6.45) is 7.40. The van der Waals surface area contributed by atoms with Crippen molar-refractivity contribution in [2.45, 2.75) is 57.1 Å². The van der Waals surface area contributed by atoms with E-state index in [1.807, 2.05) is 0 Å². The van der Waals surface area contributed by atoms with Crippen LogP contribution in [0.15, 0.2) is 16.8 Å². The maximum Gasteiger partial charge on any atom is 0.0834 e. The Labute approximate surface area is 115 Å². The van der Waals surface area contributed by atoms with E-state index in [9.17, 15) is 0 Å². The molecular formula is C15H25NOS. The van der Waals surface area contributed by atoms with E-state index in [0.29, 0.717) is 6.04 Å². The van der Waals surface area contributed by atoms with Gasteiger partial charge < -0.3 is 10.1 Å². The van der Waals surface area contributed by atoms with E-state index < -0.39 is 0 Å². The average Bonchev–Trinajstić information content (AvgIpc) is 3.02. The van der Waals surface area contributed by atoms with Crippen LogP contribution in [-0.2, 0) is 11.2 Å². The Morgan fingerprint density at radius 2 is 2.22 bits per heavy atom. The standard InChI is InChI=1S/C15H25NOS/c1-3-17-15(9-4-5-10-15)14(16-2)7-6-13-8-11-18-12-13/h8,11-12,14,16H,3-7,9-10H2,1-2H3. The molecule has 0 radical (unpaired) electrons. The van der Waals surface area contributed by atoms with Crippen LogP contribution in [0.2, 0.25) is 0 Å². The molecule has 2 rings (SSSR count). The predicted octanol–water partition coefficient (Wildman–Crippen LogP) is 3.62. The SMILES string of the molecule is CCOC1(C(CCc2ccsc2)NC)CCCC1. The molecule has 1 heterocycles. The third-order valence-electron chi connectivity index (χ3n) is 4.17. The lowest BCUT2D eigenvalue weighted by Crippen LogP contribution is -2.50. The Hall–Kier alpha value is -0.380. The van der Waals surface area contributed by atoms with Crippen LogP contribution in [0.4, 0.5) is 0 Å². The maximum absolute atomic E-state index is 6.15. The smallest absolute Gasteiger partial charge is 0.0834 e. The summed E-state index contributed by atoms with van der Waals surface area (Å²) >= 11 is 1.79. The first-order valence-corrected chi connectivity index (χ1v) is 8.07. The fraction of sp³-hybridized carbons (Fsp3) is 0.733. The summed E-state index contributed by atoms with van der Waals surface area (Å²) in [5.74, 6) is 0. The van der Waals surface area contributed by atoms with Crippen LogP contribution in [0.1, 0.15) is 44.6 Å². The molecule has 1 aliphatic rings. The Morgan fingerprint density at radius 3 is 2.78 bits per heavy atom. The molecule has 0 saturated heterocycles. The zero-order chi connectivity index (χ0) is 12.8. The van der Waals surface area contributed by atoms with Gasteiger partial charge in [-0.2, -0.15) is 11.3 Å². The molecular weight excluding hydrogens is 242 g/mol. The number of likely N-dealkylation sites (N-methyl/N-ethyl adjacent to an activating group) is 1. The van der Waals surface area contributed by atoms with Crippen molar-refractivity contribution < 1.29 is 4.74 Å². The Bertz CT molecular complexity index is 330. The van der Waals surface area contributed by atoms with Crippen molar-refractivity contribution in [2.24, 2.45) is 0 Å². The number of aryl methyl sites for hydroxylation is 1. The molecule has 0 amide bonds. The average molecular weight is 267 g/mol. The quantitative estimate of drug-likeness (QED) is 0.814. The molecule has 3 heteroatoms. The maximum atomic E-state index is 6.15. The van der Waals surface area contributed by atoms with Crippen LogP contribution in [-0.4, -0.2) is 25.3 Å². The largest absolute Gasteiger partial charge is 0.374 e. The Kier molecular flexibility index (Phi) is 5.22. The van der Waals surface area contributed by atoms with Gasteiger partial charge in [-0.3, -0.25) is 0 Å². The zero-order valence-corrected chi connectivity index (χ0v) is 12.4. The van der Waals surface area contributed by atoms with Gasteiger partial charge in [0.2, 0.25) is 0 Å². The van der Waals surface area contributed by atoms with Gasteiger partial charge in [0.1, 0.15) is 0 Å². The van der Waals surface area contributed by atoms with Crippen molar-refractivity contribution in [1.82, 2.24) is 5.32 Å². The number of hydrogen-bond donors (Lipinski definition) is 1. The van der Waals surface area contributed by atoms with Gasteiger partial charge in [0.15, 0.2) is 0 Å². The van der Waals surface area contributed by atoms with E-state index in [2.05, 4.69) is 36.1 Å². The lowest BCUT2D eigenvalue weighted by molar-refractivity contribution is -0.0615. The van der Waals surface area contributed by atoms with Crippen LogP contribution in [0.3, 0.4) is 0 Å². The second-order valence-corrected chi connectivity index (χ2v) is 6.00. The van der Waals surface area contributed by atoms with Gasteiger partial charge in [0.25, 0.3) is 0 Å². The van der Waals surface area contributed by atoms with Crippen molar-refractivity contribution in [3.8, 4) is 0 Å². The molecule has 1 saturated carbocycles. The van der Waals surface area contributed by atoms with Crippen LogP contribution in [0.5, 0.6) is 0 Å². The highest BCUT2D eigenvalue weighted by molar-refractivity contribution is 7.07. The summed E-state index contributed by atoms with van der Waals surface area (Å²) in [5, 5.41) is 7.93. The highest BCUT2D eigenvalue weighted by Crippen LogP contribution is 2.37. The minimum Gasteiger partial charge on any atom is -0.374 e. The molecule has 0 aromatic carbocycles. The van der Waals surface area contributed by atoms with E-state index in [0.717, 1.165) is 13.0 Å². The van der Waals surface area contributed by atoms with Crippen molar-refractivity contribution in [3.05, 3.63) is 22.4 Å². The molecule has 1 unspecified atom stereocenters. The minimum absolute atomic E-state index is 0.0967. The second kappa shape index (κ2) is 6.69. The summed E-state index contributed by atoms with van der Waals surface area (Å²) in [6.45, 7) is 2.95. The summed E-state index contributed by atoms with van der Waals surface area (Å²) in [7, 11) is 2.08. The first-order chi connectivity index (χ1) is 8.80. The molecule has 1 N–H and O–H groups in total. The third-order valence-corrected chi connectivity index (χ3v) is 4.90. The van der Waals surface area contributed by atoms with Gasteiger partial charge in [-0.1, -0.05) is 12.8 Å².